The second-order valence-corrected chi connectivity index (χ2v) is 3.94. The molecule has 0 amide bonds. The molecule has 96 valence electrons. The molecule has 0 aliphatic heterocycles. The third kappa shape index (κ3) is 4.33. The average molecular weight is 247 g/mol. The number of aromatic hydroxyl groups is 1. The van der Waals surface area contributed by atoms with Gasteiger partial charge in [-0.1, -0.05) is 6.58 Å². The molecular formula is C14H17NO3. The van der Waals surface area contributed by atoms with Gasteiger partial charge in [-0.25, -0.2) is 4.79 Å². The van der Waals surface area contributed by atoms with Gasteiger partial charge in [0, 0.05) is 23.2 Å². The Morgan fingerprint density at radius 1 is 1.44 bits per heavy atom. The fourth-order valence-corrected chi connectivity index (χ4v) is 1.32. The van der Waals surface area contributed by atoms with E-state index in [4.69, 9.17) is 5.11 Å². The normalized spacial score (nSPS) is 9.72. The smallest absolute Gasteiger partial charge is 0.330 e. The molecule has 0 saturated carbocycles. The summed E-state index contributed by atoms with van der Waals surface area (Å²) >= 11 is 0. The van der Waals surface area contributed by atoms with Crippen molar-refractivity contribution in [2.24, 2.45) is 0 Å². The monoisotopic (exact) mass is 247 g/mol. The average Bonchev–Trinajstić information content (AvgIpc) is 2.76. The number of carbonyl (C=O) groups is 1. The van der Waals surface area contributed by atoms with Crippen molar-refractivity contribution in [2.75, 3.05) is 0 Å². The summed E-state index contributed by atoms with van der Waals surface area (Å²) in [6.07, 6.45) is 2.96. The Bertz CT molecular complexity index is 529. The maximum atomic E-state index is 10.3. The highest BCUT2D eigenvalue weighted by atomic mass is 16.5. The number of fused-ring (bicyclic) bond motifs is 1. The van der Waals surface area contributed by atoms with Gasteiger partial charge in [0.15, 0.2) is 0 Å². The standard InChI is InChI=1S/C8H7NO.C6H10O2/c10-7-1-2-8-6(5-7)3-4-9-8;1-4-6(7)8-5(2)3/h1-5,9-10H;4-5H,1H2,2-3H3. The molecular weight excluding hydrogens is 230 g/mol. The maximum absolute atomic E-state index is 10.3. The van der Waals surface area contributed by atoms with Gasteiger partial charge in [0.1, 0.15) is 5.75 Å². The summed E-state index contributed by atoms with van der Waals surface area (Å²) in [6.45, 7) is 6.83. The molecule has 18 heavy (non-hydrogen) atoms. The van der Waals surface area contributed by atoms with Gasteiger partial charge in [-0.15, -0.1) is 0 Å². The minimum absolute atomic E-state index is 0.0412. The molecule has 0 aliphatic rings. The van der Waals surface area contributed by atoms with Crippen LogP contribution in [0.4, 0.5) is 0 Å². The number of nitrogens with one attached hydrogen (secondary N) is 1. The highest BCUT2D eigenvalue weighted by Gasteiger charge is 1.96. The summed E-state index contributed by atoms with van der Waals surface area (Å²) in [5, 5.41) is 10.1. The van der Waals surface area contributed by atoms with Gasteiger partial charge < -0.3 is 14.8 Å². The van der Waals surface area contributed by atoms with E-state index in [9.17, 15) is 4.79 Å². The van der Waals surface area contributed by atoms with E-state index in [1.165, 1.54) is 0 Å². The van der Waals surface area contributed by atoms with Crippen LogP contribution in [0.5, 0.6) is 5.75 Å². The van der Waals surface area contributed by atoms with Gasteiger partial charge in [-0.3, -0.25) is 0 Å². The Balaban J connectivity index is 0.000000187. The summed E-state index contributed by atoms with van der Waals surface area (Å²) in [5.41, 5.74) is 1.05. The molecule has 0 bridgehead atoms. The van der Waals surface area contributed by atoms with Crippen molar-refractivity contribution in [1.29, 1.82) is 0 Å². The van der Waals surface area contributed by atoms with Gasteiger partial charge in [0.05, 0.1) is 6.10 Å². The number of benzene rings is 1. The summed E-state index contributed by atoms with van der Waals surface area (Å²) < 4.78 is 4.64. The summed E-state index contributed by atoms with van der Waals surface area (Å²) in [6, 6.07) is 7.17. The van der Waals surface area contributed by atoms with Crippen LogP contribution in [0.25, 0.3) is 10.9 Å². The van der Waals surface area contributed by atoms with Gasteiger partial charge in [-0.05, 0) is 38.1 Å². The van der Waals surface area contributed by atoms with Crippen molar-refractivity contribution in [1.82, 2.24) is 4.98 Å². The third-order valence-corrected chi connectivity index (χ3v) is 2.06. The van der Waals surface area contributed by atoms with E-state index in [2.05, 4.69) is 16.3 Å². The Morgan fingerprint density at radius 2 is 2.17 bits per heavy atom. The first-order valence-corrected chi connectivity index (χ1v) is 5.62. The predicted octanol–water partition coefficient (Wildman–Crippen LogP) is 3.00. The minimum Gasteiger partial charge on any atom is -0.508 e. The first-order chi connectivity index (χ1) is 8.52. The molecule has 4 heteroatoms. The highest BCUT2D eigenvalue weighted by molar-refractivity contribution is 5.81. The Hall–Kier alpha value is -2.23. The number of H-pyrrole nitrogens is 1. The molecule has 2 aromatic rings. The molecule has 0 fully saturated rings. The molecule has 0 spiro atoms. The van der Waals surface area contributed by atoms with Crippen molar-refractivity contribution in [3.8, 4) is 5.75 Å². The summed E-state index contributed by atoms with van der Waals surface area (Å²) in [4.78, 5) is 13.3. The van der Waals surface area contributed by atoms with E-state index >= 15 is 0 Å². The molecule has 0 unspecified atom stereocenters. The van der Waals surface area contributed by atoms with Crippen LogP contribution in [0.1, 0.15) is 13.8 Å². The number of aromatic nitrogens is 1. The van der Waals surface area contributed by atoms with Crippen LogP contribution in [0, 0.1) is 0 Å². The molecule has 1 aromatic heterocycles. The van der Waals surface area contributed by atoms with Crippen LogP contribution >= 0.6 is 0 Å². The van der Waals surface area contributed by atoms with E-state index in [-0.39, 0.29) is 12.1 Å². The number of carbonyl (C=O) groups excluding carboxylic acids is 1. The number of esters is 1. The van der Waals surface area contributed by atoms with Crippen molar-refractivity contribution >= 4 is 16.9 Å². The fourth-order valence-electron chi connectivity index (χ4n) is 1.32. The van der Waals surface area contributed by atoms with Gasteiger partial charge in [-0.2, -0.15) is 0 Å². The summed E-state index contributed by atoms with van der Waals surface area (Å²) in [5.74, 6) is -0.0490. The Kier molecular flexibility index (Phi) is 4.99. The van der Waals surface area contributed by atoms with Crippen LogP contribution in [0.15, 0.2) is 43.1 Å². The molecule has 2 rings (SSSR count). The van der Waals surface area contributed by atoms with E-state index in [0.717, 1.165) is 17.0 Å². The largest absolute Gasteiger partial charge is 0.508 e. The Labute approximate surface area is 106 Å². The number of aromatic amines is 1. The molecule has 4 nitrogen and oxygen atoms in total. The van der Waals surface area contributed by atoms with Crippen LogP contribution in [-0.2, 0) is 9.53 Å². The lowest BCUT2D eigenvalue weighted by molar-refractivity contribution is -0.141. The zero-order valence-electron chi connectivity index (χ0n) is 10.5. The quantitative estimate of drug-likeness (QED) is 0.633. The lowest BCUT2D eigenvalue weighted by Gasteiger charge is -2.02. The molecule has 1 heterocycles. The topological polar surface area (TPSA) is 62.3 Å². The zero-order chi connectivity index (χ0) is 13.5. The van der Waals surface area contributed by atoms with Crippen molar-refractivity contribution in [3.63, 3.8) is 0 Å². The minimum atomic E-state index is -0.361. The first kappa shape index (κ1) is 13.8. The summed E-state index contributed by atoms with van der Waals surface area (Å²) in [7, 11) is 0. The van der Waals surface area contributed by atoms with Crippen LogP contribution in [0.2, 0.25) is 0 Å². The third-order valence-electron chi connectivity index (χ3n) is 2.06. The van der Waals surface area contributed by atoms with Crippen LogP contribution in [-0.4, -0.2) is 22.2 Å². The molecule has 0 radical (unpaired) electrons. The van der Waals surface area contributed by atoms with E-state index < -0.39 is 0 Å². The SMILES string of the molecule is C=CC(=O)OC(C)C.Oc1ccc2[nH]ccc2c1. The maximum Gasteiger partial charge on any atom is 0.330 e. The van der Waals surface area contributed by atoms with Gasteiger partial charge in [0.2, 0.25) is 0 Å². The number of phenolic OH excluding ortho intramolecular Hbond substituents is 1. The number of ether oxygens (including phenoxy) is 1. The van der Waals surface area contributed by atoms with Crippen molar-refractivity contribution < 1.29 is 14.6 Å². The Morgan fingerprint density at radius 3 is 2.72 bits per heavy atom. The van der Waals surface area contributed by atoms with Gasteiger partial charge in [0.25, 0.3) is 0 Å². The molecule has 0 saturated heterocycles. The number of hydrogen-bond acceptors (Lipinski definition) is 3. The molecule has 0 atom stereocenters. The van der Waals surface area contributed by atoms with Crippen molar-refractivity contribution in [3.05, 3.63) is 43.1 Å². The predicted molar refractivity (Wildman–Crippen MR) is 71.4 cm³/mol. The van der Waals surface area contributed by atoms with E-state index in [1.807, 2.05) is 18.3 Å². The van der Waals surface area contributed by atoms with E-state index in [1.54, 1.807) is 26.0 Å². The van der Waals surface area contributed by atoms with Crippen LogP contribution < -0.4 is 0 Å². The van der Waals surface area contributed by atoms with Crippen molar-refractivity contribution in [2.45, 2.75) is 20.0 Å². The second kappa shape index (κ2) is 6.49. The van der Waals surface area contributed by atoms with Crippen LogP contribution in [0.3, 0.4) is 0 Å². The van der Waals surface area contributed by atoms with E-state index in [0.29, 0.717) is 5.75 Å². The molecule has 2 N–H and O–H groups in total. The number of hydrogen-bond donors (Lipinski definition) is 2. The fraction of sp³-hybridized carbons (Fsp3) is 0.214. The number of rotatable bonds is 2. The lowest BCUT2D eigenvalue weighted by atomic mass is 10.2. The highest BCUT2D eigenvalue weighted by Crippen LogP contribution is 2.17. The second-order valence-electron chi connectivity index (χ2n) is 3.94. The van der Waals surface area contributed by atoms with Gasteiger partial charge >= 0.3 is 5.97 Å². The number of phenols is 1. The molecule has 1 aromatic carbocycles. The lowest BCUT2D eigenvalue weighted by Crippen LogP contribution is -2.07. The first-order valence-electron chi connectivity index (χ1n) is 5.62. The molecule has 0 aliphatic carbocycles. The zero-order valence-corrected chi connectivity index (χ0v) is 10.5.